The van der Waals surface area contributed by atoms with Crippen LogP contribution in [0.1, 0.15) is 28.7 Å². The number of hydrogen-bond donors (Lipinski definition) is 1. The lowest BCUT2D eigenvalue weighted by Crippen LogP contribution is -2.14. The summed E-state index contributed by atoms with van der Waals surface area (Å²) in [6.45, 7) is 6.09. The Balaban J connectivity index is 2.06. The molecule has 0 aromatic heterocycles. The molecule has 0 radical (unpaired) electrons. The predicted octanol–water partition coefficient (Wildman–Crippen LogP) is 4.20. The summed E-state index contributed by atoms with van der Waals surface area (Å²) in [4.78, 5) is 12.3. The van der Waals surface area contributed by atoms with Crippen molar-refractivity contribution in [1.82, 2.24) is 0 Å². The van der Waals surface area contributed by atoms with Crippen molar-refractivity contribution in [1.29, 1.82) is 0 Å². The highest BCUT2D eigenvalue weighted by molar-refractivity contribution is 5.92. The number of hydrogen-bond acceptors (Lipinski definition) is 3. The highest BCUT2D eigenvalue weighted by atomic mass is 16.5. The number of methoxy groups -OCH3 is 2. The Kier molecular flexibility index (Phi) is 5.85. The van der Waals surface area contributed by atoms with Gasteiger partial charge >= 0.3 is 0 Å². The highest BCUT2D eigenvalue weighted by Crippen LogP contribution is 2.26. The SMILES string of the molecule is COc1ccc(OC)c(CCC(=O)Nc2c(C)cc(C)cc2C)c1. The van der Waals surface area contributed by atoms with Crippen LogP contribution in [0.5, 0.6) is 11.5 Å². The van der Waals surface area contributed by atoms with Gasteiger partial charge in [-0.25, -0.2) is 0 Å². The third-order valence-electron chi connectivity index (χ3n) is 4.05. The number of aryl methyl sites for hydroxylation is 4. The maximum Gasteiger partial charge on any atom is 0.224 e. The molecule has 0 bridgehead atoms. The van der Waals surface area contributed by atoms with E-state index in [1.807, 2.05) is 32.0 Å². The average Bonchev–Trinajstić information content (AvgIpc) is 2.55. The Hall–Kier alpha value is -2.49. The fourth-order valence-corrected chi connectivity index (χ4v) is 2.90. The van der Waals surface area contributed by atoms with Gasteiger partial charge in [-0.2, -0.15) is 0 Å². The van der Waals surface area contributed by atoms with Gasteiger partial charge in [-0.3, -0.25) is 4.79 Å². The van der Waals surface area contributed by atoms with Gasteiger partial charge in [-0.15, -0.1) is 0 Å². The quantitative estimate of drug-likeness (QED) is 0.865. The van der Waals surface area contributed by atoms with Gasteiger partial charge in [-0.05, 0) is 62.1 Å². The molecule has 4 heteroatoms. The van der Waals surface area contributed by atoms with Crippen LogP contribution in [0.25, 0.3) is 0 Å². The van der Waals surface area contributed by atoms with Crippen molar-refractivity contribution >= 4 is 11.6 Å². The van der Waals surface area contributed by atoms with Gasteiger partial charge in [0.1, 0.15) is 11.5 Å². The molecule has 0 saturated heterocycles. The molecular weight excluding hydrogens is 302 g/mol. The zero-order chi connectivity index (χ0) is 17.7. The van der Waals surface area contributed by atoms with Gasteiger partial charge in [0.25, 0.3) is 0 Å². The number of rotatable bonds is 6. The highest BCUT2D eigenvalue weighted by Gasteiger charge is 2.11. The van der Waals surface area contributed by atoms with Gasteiger partial charge in [0.15, 0.2) is 0 Å². The second-order valence-corrected chi connectivity index (χ2v) is 6.00. The van der Waals surface area contributed by atoms with Crippen LogP contribution in [0, 0.1) is 20.8 Å². The molecule has 4 nitrogen and oxygen atoms in total. The van der Waals surface area contributed by atoms with Crippen molar-refractivity contribution in [2.75, 3.05) is 19.5 Å². The van der Waals surface area contributed by atoms with E-state index < -0.39 is 0 Å². The third-order valence-corrected chi connectivity index (χ3v) is 4.05. The summed E-state index contributed by atoms with van der Waals surface area (Å²) in [6, 6.07) is 9.78. The molecule has 0 aliphatic rings. The number of ether oxygens (including phenoxy) is 2. The monoisotopic (exact) mass is 327 g/mol. The number of amides is 1. The summed E-state index contributed by atoms with van der Waals surface area (Å²) in [5, 5.41) is 3.03. The molecule has 24 heavy (non-hydrogen) atoms. The summed E-state index contributed by atoms with van der Waals surface area (Å²) in [7, 11) is 3.26. The van der Waals surface area contributed by atoms with E-state index in [0.29, 0.717) is 12.8 Å². The summed E-state index contributed by atoms with van der Waals surface area (Å²) >= 11 is 0. The summed E-state index contributed by atoms with van der Waals surface area (Å²) in [6.07, 6.45) is 0.979. The number of nitrogens with one attached hydrogen (secondary N) is 1. The first-order chi connectivity index (χ1) is 11.4. The zero-order valence-electron chi connectivity index (χ0n) is 15.0. The van der Waals surface area contributed by atoms with E-state index in [0.717, 1.165) is 33.9 Å². The Morgan fingerprint density at radius 1 is 1.00 bits per heavy atom. The van der Waals surface area contributed by atoms with Crippen LogP contribution in [-0.4, -0.2) is 20.1 Å². The standard InChI is InChI=1S/C20H25NO3/c1-13-10-14(2)20(15(3)11-13)21-19(22)9-6-16-12-17(23-4)7-8-18(16)24-5/h7-8,10-12H,6,9H2,1-5H3,(H,21,22). The molecule has 0 aliphatic carbocycles. The van der Waals surface area contributed by atoms with Crippen molar-refractivity contribution in [3.8, 4) is 11.5 Å². The molecule has 0 saturated carbocycles. The molecule has 0 atom stereocenters. The zero-order valence-corrected chi connectivity index (χ0v) is 15.0. The van der Waals surface area contributed by atoms with Crippen LogP contribution in [0.15, 0.2) is 30.3 Å². The minimum Gasteiger partial charge on any atom is -0.497 e. The Morgan fingerprint density at radius 2 is 1.67 bits per heavy atom. The number of carbonyl (C=O) groups excluding carboxylic acids is 1. The lowest BCUT2D eigenvalue weighted by Gasteiger charge is -2.14. The maximum atomic E-state index is 12.3. The summed E-state index contributed by atoms with van der Waals surface area (Å²) < 4.78 is 10.6. The number of anilines is 1. The van der Waals surface area contributed by atoms with Gasteiger partial charge in [-0.1, -0.05) is 17.7 Å². The maximum absolute atomic E-state index is 12.3. The molecule has 128 valence electrons. The van der Waals surface area contributed by atoms with Crippen molar-refractivity contribution in [3.05, 3.63) is 52.6 Å². The van der Waals surface area contributed by atoms with Crippen LogP contribution in [0.2, 0.25) is 0 Å². The fraction of sp³-hybridized carbons (Fsp3) is 0.350. The molecular formula is C20H25NO3. The first-order valence-electron chi connectivity index (χ1n) is 8.03. The number of benzene rings is 2. The van der Waals surface area contributed by atoms with E-state index in [9.17, 15) is 4.79 Å². The fourth-order valence-electron chi connectivity index (χ4n) is 2.90. The van der Waals surface area contributed by atoms with Gasteiger partial charge in [0, 0.05) is 12.1 Å². The molecule has 0 aliphatic heterocycles. The molecule has 1 N–H and O–H groups in total. The first-order valence-corrected chi connectivity index (χ1v) is 8.03. The average molecular weight is 327 g/mol. The van der Waals surface area contributed by atoms with Gasteiger partial charge in [0.05, 0.1) is 14.2 Å². The molecule has 0 fully saturated rings. The van der Waals surface area contributed by atoms with Crippen LogP contribution >= 0.6 is 0 Å². The first kappa shape index (κ1) is 17.9. The van der Waals surface area contributed by atoms with Gasteiger partial charge in [0.2, 0.25) is 5.91 Å². The lowest BCUT2D eigenvalue weighted by atomic mass is 10.0. The largest absolute Gasteiger partial charge is 0.497 e. The minimum absolute atomic E-state index is 0.00470. The van der Waals surface area contributed by atoms with Crippen LogP contribution in [0.4, 0.5) is 5.69 Å². The van der Waals surface area contributed by atoms with Crippen LogP contribution in [-0.2, 0) is 11.2 Å². The number of carbonyl (C=O) groups is 1. The van der Waals surface area contributed by atoms with Crippen LogP contribution < -0.4 is 14.8 Å². The van der Waals surface area contributed by atoms with E-state index >= 15 is 0 Å². The normalized spacial score (nSPS) is 10.4. The van der Waals surface area contributed by atoms with Crippen molar-refractivity contribution in [2.45, 2.75) is 33.6 Å². The van der Waals surface area contributed by atoms with E-state index in [1.165, 1.54) is 5.56 Å². The molecule has 1 amide bonds. The Morgan fingerprint density at radius 3 is 2.25 bits per heavy atom. The van der Waals surface area contributed by atoms with E-state index in [1.54, 1.807) is 14.2 Å². The van der Waals surface area contributed by atoms with E-state index in [-0.39, 0.29) is 5.91 Å². The second-order valence-electron chi connectivity index (χ2n) is 6.00. The Labute approximate surface area is 143 Å². The summed E-state index contributed by atoms with van der Waals surface area (Å²) in [5.41, 5.74) is 5.23. The van der Waals surface area contributed by atoms with Crippen LogP contribution in [0.3, 0.4) is 0 Å². The lowest BCUT2D eigenvalue weighted by molar-refractivity contribution is -0.116. The third kappa shape index (κ3) is 4.28. The summed E-state index contributed by atoms with van der Waals surface area (Å²) in [5.74, 6) is 1.53. The molecule has 0 spiro atoms. The van der Waals surface area contributed by atoms with E-state index in [4.69, 9.17) is 9.47 Å². The second kappa shape index (κ2) is 7.86. The van der Waals surface area contributed by atoms with Crippen molar-refractivity contribution in [2.24, 2.45) is 0 Å². The Bertz CT molecular complexity index is 715. The van der Waals surface area contributed by atoms with Crippen molar-refractivity contribution < 1.29 is 14.3 Å². The minimum atomic E-state index is -0.00470. The smallest absolute Gasteiger partial charge is 0.224 e. The molecule has 2 aromatic rings. The molecule has 0 heterocycles. The molecule has 2 aromatic carbocycles. The van der Waals surface area contributed by atoms with Gasteiger partial charge < -0.3 is 14.8 Å². The van der Waals surface area contributed by atoms with E-state index in [2.05, 4.69) is 24.4 Å². The van der Waals surface area contributed by atoms with Crippen molar-refractivity contribution in [3.63, 3.8) is 0 Å². The molecule has 2 rings (SSSR count). The topological polar surface area (TPSA) is 47.6 Å². The predicted molar refractivity (Wildman–Crippen MR) is 97.1 cm³/mol. The molecule has 0 unspecified atom stereocenters.